The minimum absolute atomic E-state index is 0.115. The fraction of sp³-hybridized carbons (Fsp3) is 0.304. The predicted molar refractivity (Wildman–Crippen MR) is 130 cm³/mol. The fourth-order valence-corrected chi connectivity index (χ4v) is 4.66. The average Bonchev–Trinajstić information content (AvgIpc) is 3.17. The van der Waals surface area contributed by atoms with Gasteiger partial charge in [-0.15, -0.1) is 11.3 Å². The molecule has 0 atom stereocenters. The second kappa shape index (κ2) is 10.7. The second-order valence-corrected chi connectivity index (χ2v) is 10.4. The number of carbonyl (C=O) groups is 1. The Hall–Kier alpha value is -3.11. The van der Waals surface area contributed by atoms with Crippen molar-refractivity contribution in [3.63, 3.8) is 0 Å². The standard InChI is InChI=1S/C23H27N3O5S2/c1-16-21(22(27)25-33(4,28)29)24-23(32-16)26(15-18-8-6-5-7-9-18)13-12-17-10-11-19(30-2)20(14-17)31-3/h5-11,14H,12-13,15H2,1-4H3,(H,25,27). The normalized spacial score (nSPS) is 11.2. The maximum atomic E-state index is 12.4. The van der Waals surface area contributed by atoms with E-state index in [4.69, 9.17) is 9.47 Å². The molecule has 0 bridgehead atoms. The van der Waals surface area contributed by atoms with Crippen LogP contribution in [-0.4, -0.2) is 46.3 Å². The van der Waals surface area contributed by atoms with Gasteiger partial charge in [0.05, 0.1) is 20.5 Å². The Morgan fingerprint density at radius 2 is 1.76 bits per heavy atom. The smallest absolute Gasteiger partial charge is 0.284 e. The first-order chi connectivity index (χ1) is 15.7. The van der Waals surface area contributed by atoms with E-state index in [1.807, 2.05) is 53.3 Å². The molecule has 10 heteroatoms. The maximum Gasteiger partial charge on any atom is 0.284 e. The van der Waals surface area contributed by atoms with E-state index in [0.29, 0.717) is 41.0 Å². The number of thiazole rings is 1. The summed E-state index contributed by atoms with van der Waals surface area (Å²) in [5.74, 6) is 0.603. The van der Waals surface area contributed by atoms with Crippen LogP contribution in [0.4, 0.5) is 5.13 Å². The molecule has 0 unspecified atom stereocenters. The van der Waals surface area contributed by atoms with Crippen molar-refractivity contribution in [2.45, 2.75) is 19.9 Å². The SMILES string of the molecule is COc1ccc(CCN(Cc2ccccc2)c2nc(C(=O)NS(C)(=O)=O)c(C)s2)cc1OC. The van der Waals surface area contributed by atoms with Crippen molar-refractivity contribution < 1.29 is 22.7 Å². The number of anilines is 1. The predicted octanol–water partition coefficient (Wildman–Crippen LogP) is 3.41. The molecule has 8 nitrogen and oxygen atoms in total. The van der Waals surface area contributed by atoms with Crippen molar-refractivity contribution in [3.05, 3.63) is 70.2 Å². The first kappa shape index (κ1) is 24.5. The summed E-state index contributed by atoms with van der Waals surface area (Å²) in [7, 11) is -0.476. The Balaban J connectivity index is 1.86. The third kappa shape index (κ3) is 6.69. The summed E-state index contributed by atoms with van der Waals surface area (Å²) in [6.45, 7) is 2.98. The molecule has 3 aromatic rings. The third-order valence-corrected chi connectivity index (χ3v) is 6.47. The number of nitrogens with zero attached hydrogens (tertiary/aromatic N) is 2. The third-order valence-electron chi connectivity index (χ3n) is 4.88. The highest BCUT2D eigenvalue weighted by atomic mass is 32.2. The summed E-state index contributed by atoms with van der Waals surface area (Å²) >= 11 is 1.36. The zero-order valence-electron chi connectivity index (χ0n) is 19.0. The molecule has 0 radical (unpaired) electrons. The fourth-order valence-electron chi connectivity index (χ4n) is 3.29. The summed E-state index contributed by atoms with van der Waals surface area (Å²) in [4.78, 5) is 19.6. The van der Waals surface area contributed by atoms with Crippen molar-refractivity contribution in [2.75, 3.05) is 31.9 Å². The van der Waals surface area contributed by atoms with Crippen molar-refractivity contribution in [3.8, 4) is 11.5 Å². The number of sulfonamides is 1. The first-order valence-corrected chi connectivity index (χ1v) is 12.9. The van der Waals surface area contributed by atoms with Crippen molar-refractivity contribution in [1.29, 1.82) is 0 Å². The lowest BCUT2D eigenvalue weighted by Crippen LogP contribution is -2.30. The number of rotatable bonds is 10. The molecule has 1 N–H and O–H groups in total. The quantitative estimate of drug-likeness (QED) is 0.466. The van der Waals surface area contributed by atoms with Crippen LogP contribution in [0.15, 0.2) is 48.5 Å². The minimum atomic E-state index is -3.68. The number of ether oxygens (including phenoxy) is 2. The monoisotopic (exact) mass is 489 g/mol. The Kier molecular flexibility index (Phi) is 7.93. The van der Waals surface area contributed by atoms with Gasteiger partial charge in [-0.3, -0.25) is 4.79 Å². The van der Waals surface area contributed by atoms with E-state index in [2.05, 4.69) is 9.88 Å². The van der Waals surface area contributed by atoms with Crippen LogP contribution < -0.4 is 19.1 Å². The van der Waals surface area contributed by atoms with Gasteiger partial charge in [0, 0.05) is 18.0 Å². The van der Waals surface area contributed by atoms with Crippen molar-refractivity contribution >= 4 is 32.4 Å². The van der Waals surface area contributed by atoms with Gasteiger partial charge in [0.2, 0.25) is 10.0 Å². The number of aromatic nitrogens is 1. The Labute approximate surface area is 198 Å². The summed E-state index contributed by atoms with van der Waals surface area (Å²) in [5.41, 5.74) is 2.28. The number of methoxy groups -OCH3 is 2. The van der Waals surface area contributed by atoms with Gasteiger partial charge in [-0.25, -0.2) is 18.1 Å². The summed E-state index contributed by atoms with van der Waals surface area (Å²) in [5, 5.41) is 0.649. The topological polar surface area (TPSA) is 97.8 Å². The van der Waals surface area contributed by atoms with Gasteiger partial charge in [-0.05, 0) is 36.6 Å². The number of hydrogen-bond donors (Lipinski definition) is 1. The van der Waals surface area contributed by atoms with Crippen LogP contribution in [0.3, 0.4) is 0 Å². The zero-order valence-corrected chi connectivity index (χ0v) is 20.6. The lowest BCUT2D eigenvalue weighted by Gasteiger charge is -2.22. The van der Waals surface area contributed by atoms with E-state index in [1.165, 1.54) is 11.3 Å². The Morgan fingerprint density at radius 1 is 1.06 bits per heavy atom. The first-order valence-electron chi connectivity index (χ1n) is 10.2. The largest absolute Gasteiger partial charge is 0.493 e. The number of benzene rings is 2. The second-order valence-electron chi connectivity index (χ2n) is 7.45. The van der Waals surface area contributed by atoms with Gasteiger partial charge in [0.1, 0.15) is 5.69 Å². The molecule has 1 aromatic heterocycles. The van der Waals surface area contributed by atoms with E-state index in [0.717, 1.165) is 17.4 Å². The molecular weight excluding hydrogens is 462 g/mol. The Morgan fingerprint density at radius 3 is 2.39 bits per heavy atom. The Bertz CT molecular complexity index is 1210. The van der Waals surface area contributed by atoms with Crippen molar-refractivity contribution in [1.82, 2.24) is 9.71 Å². The van der Waals surface area contributed by atoms with E-state index < -0.39 is 15.9 Å². The van der Waals surface area contributed by atoms with Gasteiger partial charge in [-0.1, -0.05) is 36.4 Å². The highest BCUT2D eigenvalue weighted by Crippen LogP contribution is 2.30. The van der Waals surface area contributed by atoms with Gasteiger partial charge >= 0.3 is 0 Å². The van der Waals surface area contributed by atoms with Crippen LogP contribution >= 0.6 is 11.3 Å². The molecule has 0 aliphatic rings. The zero-order chi connectivity index (χ0) is 24.0. The minimum Gasteiger partial charge on any atom is -0.493 e. The average molecular weight is 490 g/mol. The summed E-state index contributed by atoms with van der Waals surface area (Å²) < 4.78 is 35.7. The van der Waals surface area contributed by atoms with E-state index in [9.17, 15) is 13.2 Å². The van der Waals surface area contributed by atoms with Gasteiger partial charge in [0.25, 0.3) is 5.91 Å². The molecule has 176 valence electrons. The number of amides is 1. The van der Waals surface area contributed by atoms with Crippen LogP contribution in [-0.2, 0) is 23.0 Å². The highest BCUT2D eigenvalue weighted by Gasteiger charge is 2.21. The van der Waals surface area contributed by atoms with Crippen LogP contribution in [0.2, 0.25) is 0 Å². The summed E-state index contributed by atoms with van der Waals surface area (Å²) in [6, 6.07) is 15.8. The van der Waals surface area contributed by atoms with Crippen molar-refractivity contribution in [2.24, 2.45) is 0 Å². The number of carbonyl (C=O) groups excluding carboxylic acids is 1. The van der Waals surface area contributed by atoms with E-state index in [1.54, 1.807) is 21.1 Å². The molecule has 3 rings (SSSR count). The lowest BCUT2D eigenvalue weighted by molar-refractivity contribution is 0.0977. The molecule has 0 aliphatic heterocycles. The van der Waals surface area contributed by atoms with Crippen LogP contribution in [0, 0.1) is 6.92 Å². The maximum absolute atomic E-state index is 12.4. The van der Waals surface area contributed by atoms with Crippen LogP contribution in [0.5, 0.6) is 11.5 Å². The molecule has 0 aliphatic carbocycles. The van der Waals surface area contributed by atoms with E-state index in [-0.39, 0.29) is 5.69 Å². The molecule has 0 saturated heterocycles. The van der Waals surface area contributed by atoms with Gasteiger partial charge in [-0.2, -0.15) is 0 Å². The van der Waals surface area contributed by atoms with Gasteiger partial charge < -0.3 is 14.4 Å². The molecule has 0 saturated carbocycles. The van der Waals surface area contributed by atoms with Crippen LogP contribution in [0.1, 0.15) is 26.5 Å². The molecule has 1 heterocycles. The molecular formula is C23H27N3O5S2. The van der Waals surface area contributed by atoms with E-state index >= 15 is 0 Å². The molecule has 0 fully saturated rings. The molecule has 2 aromatic carbocycles. The molecule has 33 heavy (non-hydrogen) atoms. The number of aryl methyl sites for hydroxylation is 1. The lowest BCUT2D eigenvalue weighted by atomic mass is 10.1. The summed E-state index contributed by atoms with van der Waals surface area (Å²) in [6.07, 6.45) is 1.65. The molecule has 0 spiro atoms. The van der Waals surface area contributed by atoms with Crippen LogP contribution in [0.25, 0.3) is 0 Å². The highest BCUT2D eigenvalue weighted by molar-refractivity contribution is 7.89. The number of hydrogen-bond acceptors (Lipinski definition) is 8. The number of nitrogens with one attached hydrogen (secondary N) is 1. The van der Waals surface area contributed by atoms with Gasteiger partial charge in [0.15, 0.2) is 16.6 Å². The molecule has 1 amide bonds.